The Morgan fingerprint density at radius 3 is 2.56 bits per heavy atom. The lowest BCUT2D eigenvalue weighted by molar-refractivity contribution is -0.143. The molecule has 1 aromatic carbocycles. The molecule has 0 atom stereocenters. The number of amides is 2. The molecule has 140 valence electrons. The molecule has 0 aliphatic carbocycles. The standard InChI is InChI=1S/C18H16ClN3O5/c1-11-9-14(23)17(20-22(11)13-6-4-12(19)5-7-13)18(26)27-10-16(25)21-8-2-3-15(21)24/h4-7,9H,2-3,8,10H2,1H3. The molecule has 0 radical (unpaired) electrons. The number of rotatable bonds is 4. The summed E-state index contributed by atoms with van der Waals surface area (Å²) in [5.74, 6) is -1.94. The molecule has 27 heavy (non-hydrogen) atoms. The highest BCUT2D eigenvalue weighted by Crippen LogP contribution is 2.14. The molecule has 0 saturated carbocycles. The molecule has 2 aromatic rings. The maximum Gasteiger partial charge on any atom is 0.363 e. The molecule has 1 fully saturated rings. The number of carbonyl (C=O) groups excluding carboxylic acids is 3. The zero-order valence-corrected chi connectivity index (χ0v) is 15.2. The van der Waals surface area contributed by atoms with Crippen molar-refractivity contribution in [3.05, 3.63) is 57.0 Å². The molecule has 0 spiro atoms. The Morgan fingerprint density at radius 1 is 1.22 bits per heavy atom. The van der Waals surface area contributed by atoms with Gasteiger partial charge in [-0.25, -0.2) is 9.48 Å². The van der Waals surface area contributed by atoms with Crippen molar-refractivity contribution >= 4 is 29.4 Å². The van der Waals surface area contributed by atoms with E-state index in [4.69, 9.17) is 16.3 Å². The number of likely N-dealkylation sites (tertiary alicyclic amines) is 1. The molecule has 3 rings (SSSR count). The van der Waals surface area contributed by atoms with Crippen molar-refractivity contribution in [1.82, 2.24) is 14.7 Å². The largest absolute Gasteiger partial charge is 0.451 e. The number of hydrogen-bond donors (Lipinski definition) is 0. The molecule has 1 saturated heterocycles. The van der Waals surface area contributed by atoms with Crippen molar-refractivity contribution in [2.45, 2.75) is 19.8 Å². The van der Waals surface area contributed by atoms with Gasteiger partial charge in [0.05, 0.1) is 5.69 Å². The Balaban J connectivity index is 1.79. The van der Waals surface area contributed by atoms with E-state index in [9.17, 15) is 19.2 Å². The van der Waals surface area contributed by atoms with Crippen LogP contribution < -0.4 is 5.43 Å². The Bertz CT molecular complexity index is 968. The SMILES string of the molecule is Cc1cc(=O)c(C(=O)OCC(=O)N2CCCC2=O)nn1-c1ccc(Cl)cc1. The number of halogens is 1. The second kappa shape index (κ2) is 7.71. The molecule has 9 heteroatoms. The quantitative estimate of drug-likeness (QED) is 0.735. The number of carbonyl (C=O) groups is 3. The lowest BCUT2D eigenvalue weighted by atomic mass is 10.3. The van der Waals surface area contributed by atoms with Crippen LogP contribution in [0.4, 0.5) is 0 Å². The summed E-state index contributed by atoms with van der Waals surface area (Å²) in [5.41, 5.74) is 0.0470. The van der Waals surface area contributed by atoms with E-state index >= 15 is 0 Å². The number of aryl methyl sites for hydroxylation is 1. The fourth-order valence-electron chi connectivity index (χ4n) is 2.72. The molecular formula is C18H16ClN3O5. The maximum atomic E-state index is 12.2. The van der Waals surface area contributed by atoms with Crippen LogP contribution in [0.3, 0.4) is 0 Å². The first-order chi connectivity index (χ1) is 12.9. The van der Waals surface area contributed by atoms with E-state index in [0.717, 1.165) is 4.90 Å². The van der Waals surface area contributed by atoms with E-state index in [2.05, 4.69) is 5.10 Å². The molecule has 1 aliphatic heterocycles. The van der Waals surface area contributed by atoms with Gasteiger partial charge in [-0.1, -0.05) is 11.6 Å². The number of esters is 1. The lowest BCUT2D eigenvalue weighted by Crippen LogP contribution is -2.36. The van der Waals surface area contributed by atoms with Crippen molar-refractivity contribution in [3.8, 4) is 5.69 Å². The van der Waals surface area contributed by atoms with Crippen LogP contribution in [0.5, 0.6) is 0 Å². The van der Waals surface area contributed by atoms with Gasteiger partial charge >= 0.3 is 5.97 Å². The maximum absolute atomic E-state index is 12.2. The van der Waals surface area contributed by atoms with E-state index < -0.39 is 29.6 Å². The third-order valence-electron chi connectivity index (χ3n) is 4.07. The molecule has 1 aliphatic rings. The smallest absolute Gasteiger partial charge is 0.363 e. The Hall–Kier alpha value is -3.00. The zero-order valence-electron chi connectivity index (χ0n) is 14.5. The van der Waals surface area contributed by atoms with Crippen molar-refractivity contribution in [2.24, 2.45) is 0 Å². The fraction of sp³-hybridized carbons (Fsp3) is 0.278. The highest BCUT2D eigenvalue weighted by molar-refractivity contribution is 6.30. The molecule has 2 amide bonds. The summed E-state index contributed by atoms with van der Waals surface area (Å²) in [6.45, 7) is 1.35. The number of nitrogens with zero attached hydrogens (tertiary/aromatic N) is 3. The third-order valence-corrected chi connectivity index (χ3v) is 4.33. The minimum absolute atomic E-state index is 0.297. The van der Waals surface area contributed by atoms with Gasteiger partial charge in [-0.3, -0.25) is 19.3 Å². The normalized spacial score (nSPS) is 13.7. The van der Waals surface area contributed by atoms with Crippen LogP contribution in [-0.4, -0.2) is 45.6 Å². The molecule has 8 nitrogen and oxygen atoms in total. The highest BCUT2D eigenvalue weighted by Gasteiger charge is 2.27. The first kappa shape index (κ1) is 18.8. The third kappa shape index (κ3) is 4.06. The first-order valence-electron chi connectivity index (χ1n) is 8.24. The summed E-state index contributed by atoms with van der Waals surface area (Å²) in [7, 11) is 0. The average Bonchev–Trinajstić information content (AvgIpc) is 3.06. The minimum Gasteiger partial charge on any atom is -0.451 e. The van der Waals surface area contributed by atoms with Gasteiger partial charge in [0, 0.05) is 29.7 Å². The number of aromatic nitrogens is 2. The van der Waals surface area contributed by atoms with E-state index in [0.29, 0.717) is 35.8 Å². The van der Waals surface area contributed by atoms with Crippen LogP contribution >= 0.6 is 11.6 Å². The first-order valence-corrected chi connectivity index (χ1v) is 8.62. The molecule has 0 N–H and O–H groups in total. The van der Waals surface area contributed by atoms with Crippen LogP contribution in [-0.2, 0) is 14.3 Å². The van der Waals surface area contributed by atoms with Gasteiger partial charge in [0.25, 0.3) is 5.91 Å². The van der Waals surface area contributed by atoms with Gasteiger partial charge in [-0.2, -0.15) is 5.10 Å². The summed E-state index contributed by atoms with van der Waals surface area (Å²) in [6.07, 6.45) is 0.884. The van der Waals surface area contributed by atoms with Crippen molar-refractivity contribution in [3.63, 3.8) is 0 Å². The topological polar surface area (TPSA) is 98.6 Å². The van der Waals surface area contributed by atoms with Gasteiger partial charge < -0.3 is 4.74 Å². The van der Waals surface area contributed by atoms with Gasteiger partial charge in [0.2, 0.25) is 17.0 Å². The number of hydrogen-bond acceptors (Lipinski definition) is 6. The monoisotopic (exact) mass is 389 g/mol. The van der Waals surface area contributed by atoms with Gasteiger partial charge in [-0.15, -0.1) is 0 Å². The summed E-state index contributed by atoms with van der Waals surface area (Å²) in [5, 5.41) is 4.59. The zero-order chi connectivity index (χ0) is 19.6. The molecule has 0 unspecified atom stereocenters. The van der Waals surface area contributed by atoms with Crippen molar-refractivity contribution in [2.75, 3.05) is 13.2 Å². The predicted molar refractivity (Wildman–Crippen MR) is 95.8 cm³/mol. The summed E-state index contributed by atoms with van der Waals surface area (Å²) in [6, 6.07) is 7.93. The fourth-order valence-corrected chi connectivity index (χ4v) is 2.84. The summed E-state index contributed by atoms with van der Waals surface area (Å²) >= 11 is 5.87. The van der Waals surface area contributed by atoms with Crippen LogP contribution in [0.2, 0.25) is 5.02 Å². The number of ether oxygens (including phenoxy) is 1. The van der Waals surface area contributed by atoms with Crippen molar-refractivity contribution < 1.29 is 19.1 Å². The second-order valence-electron chi connectivity index (χ2n) is 6.01. The van der Waals surface area contributed by atoms with E-state index in [1.807, 2.05) is 0 Å². The van der Waals surface area contributed by atoms with Gasteiger partial charge in [0.1, 0.15) is 0 Å². The van der Waals surface area contributed by atoms with Crippen LogP contribution in [0, 0.1) is 6.92 Å². The van der Waals surface area contributed by atoms with E-state index in [-0.39, 0.29) is 5.91 Å². The molecule has 0 bridgehead atoms. The Kier molecular flexibility index (Phi) is 5.36. The summed E-state index contributed by atoms with van der Waals surface area (Å²) < 4.78 is 6.30. The number of imide groups is 1. The highest BCUT2D eigenvalue weighted by atomic mass is 35.5. The van der Waals surface area contributed by atoms with Crippen LogP contribution in [0.15, 0.2) is 35.1 Å². The Morgan fingerprint density at radius 2 is 1.93 bits per heavy atom. The Labute approximate surface area is 159 Å². The molecular weight excluding hydrogens is 374 g/mol. The van der Waals surface area contributed by atoms with Crippen LogP contribution in [0.25, 0.3) is 5.69 Å². The van der Waals surface area contributed by atoms with Gasteiger partial charge in [-0.05, 0) is 37.6 Å². The second-order valence-corrected chi connectivity index (χ2v) is 6.44. The molecule has 2 heterocycles. The number of benzene rings is 1. The predicted octanol–water partition coefficient (Wildman–Crippen LogP) is 1.50. The van der Waals surface area contributed by atoms with Crippen LogP contribution in [0.1, 0.15) is 29.0 Å². The van der Waals surface area contributed by atoms with Crippen molar-refractivity contribution in [1.29, 1.82) is 0 Å². The van der Waals surface area contributed by atoms with Gasteiger partial charge in [0.15, 0.2) is 6.61 Å². The van der Waals surface area contributed by atoms with E-state index in [1.165, 1.54) is 10.7 Å². The molecule has 1 aromatic heterocycles. The lowest BCUT2D eigenvalue weighted by Gasteiger charge is -2.14. The minimum atomic E-state index is -1.03. The van der Waals surface area contributed by atoms with E-state index in [1.54, 1.807) is 31.2 Å². The average molecular weight is 390 g/mol. The summed E-state index contributed by atoms with van der Waals surface area (Å²) in [4.78, 5) is 48.9.